The highest BCUT2D eigenvalue weighted by molar-refractivity contribution is 6.04. The zero-order valence-corrected chi connectivity index (χ0v) is 8.73. The first-order valence-electron chi connectivity index (χ1n) is 4.93. The second-order valence-corrected chi connectivity index (χ2v) is 3.78. The molecule has 0 fully saturated rings. The van der Waals surface area contributed by atoms with Gasteiger partial charge in [0.1, 0.15) is 6.04 Å². The van der Waals surface area contributed by atoms with Gasteiger partial charge in [-0.15, -0.1) is 6.58 Å². The van der Waals surface area contributed by atoms with E-state index >= 15 is 0 Å². The topological polar surface area (TPSA) is 46.3 Å². The molecule has 1 aromatic carbocycles. The second-order valence-electron chi connectivity index (χ2n) is 3.78. The summed E-state index contributed by atoms with van der Waals surface area (Å²) < 4.78 is 0. The number of nitrogens with zero attached hydrogens (tertiary/aromatic N) is 1. The van der Waals surface area contributed by atoms with Gasteiger partial charge in [0.05, 0.1) is 0 Å². The molecular formula is C12H14N2O. The largest absolute Gasteiger partial charge is 0.316 e. The van der Waals surface area contributed by atoms with Crippen molar-refractivity contribution in [3.63, 3.8) is 0 Å². The van der Waals surface area contributed by atoms with E-state index in [1.807, 2.05) is 25.1 Å². The van der Waals surface area contributed by atoms with Gasteiger partial charge in [-0.05, 0) is 13.0 Å². The van der Waals surface area contributed by atoms with Crippen LogP contribution in [-0.2, 0) is 4.79 Å². The number of nitrogens with two attached hydrogens (primary N) is 1. The second kappa shape index (κ2) is 3.51. The highest BCUT2D eigenvalue weighted by Gasteiger charge is 2.33. The average Bonchev–Trinajstić information content (AvgIpc) is 2.44. The van der Waals surface area contributed by atoms with Gasteiger partial charge in [-0.1, -0.05) is 23.8 Å². The van der Waals surface area contributed by atoms with Crippen LogP contribution in [0.5, 0.6) is 0 Å². The van der Waals surface area contributed by atoms with Gasteiger partial charge in [-0.25, -0.2) is 0 Å². The third kappa shape index (κ3) is 1.45. The maximum atomic E-state index is 11.8. The minimum atomic E-state index is -0.514. The molecule has 2 rings (SSSR count). The number of carbonyl (C=O) groups excluding carboxylic acids is 1. The summed E-state index contributed by atoms with van der Waals surface area (Å²) in [6, 6.07) is 5.39. The maximum Gasteiger partial charge on any atom is 0.248 e. The molecule has 0 bridgehead atoms. The van der Waals surface area contributed by atoms with E-state index in [0.29, 0.717) is 6.54 Å². The average molecular weight is 202 g/mol. The van der Waals surface area contributed by atoms with E-state index in [1.54, 1.807) is 11.0 Å². The molecule has 1 amide bonds. The summed E-state index contributed by atoms with van der Waals surface area (Å²) in [6.45, 7) is 6.15. The van der Waals surface area contributed by atoms with E-state index in [9.17, 15) is 4.79 Å². The standard InChI is InChI=1S/C12H14N2O/c1-3-6-14-10-5-4-8(2)7-9(10)11(13)12(14)15/h3-5,7,11H,1,6,13H2,2H3/t11-/m0/s1. The number of fused-ring (bicyclic) bond motifs is 1. The Morgan fingerprint density at radius 1 is 1.60 bits per heavy atom. The molecule has 0 aromatic heterocycles. The SMILES string of the molecule is C=CCN1C(=O)[C@@H](N)c2cc(C)ccc21. The van der Waals surface area contributed by atoms with Gasteiger partial charge in [-0.3, -0.25) is 4.79 Å². The Kier molecular flexibility index (Phi) is 2.32. The lowest BCUT2D eigenvalue weighted by Gasteiger charge is -2.14. The monoisotopic (exact) mass is 202 g/mol. The summed E-state index contributed by atoms with van der Waals surface area (Å²) in [5.41, 5.74) is 8.81. The van der Waals surface area contributed by atoms with Gasteiger partial charge in [0.15, 0.2) is 0 Å². The Bertz CT molecular complexity index is 426. The number of anilines is 1. The van der Waals surface area contributed by atoms with Crippen LogP contribution >= 0.6 is 0 Å². The van der Waals surface area contributed by atoms with Crippen molar-refractivity contribution in [3.8, 4) is 0 Å². The van der Waals surface area contributed by atoms with Gasteiger partial charge >= 0.3 is 0 Å². The van der Waals surface area contributed by atoms with Crippen molar-refractivity contribution in [2.24, 2.45) is 5.73 Å². The quantitative estimate of drug-likeness (QED) is 0.739. The fourth-order valence-electron chi connectivity index (χ4n) is 1.91. The van der Waals surface area contributed by atoms with Crippen LogP contribution in [0.3, 0.4) is 0 Å². The van der Waals surface area contributed by atoms with Gasteiger partial charge < -0.3 is 10.6 Å². The molecule has 1 aliphatic rings. The third-order valence-corrected chi connectivity index (χ3v) is 2.65. The van der Waals surface area contributed by atoms with Crippen molar-refractivity contribution in [2.75, 3.05) is 11.4 Å². The normalized spacial score (nSPS) is 19.2. The summed E-state index contributed by atoms with van der Waals surface area (Å²) >= 11 is 0. The summed E-state index contributed by atoms with van der Waals surface area (Å²) in [6.07, 6.45) is 1.71. The Labute approximate surface area is 89.2 Å². The molecule has 0 saturated carbocycles. The van der Waals surface area contributed by atoms with E-state index in [2.05, 4.69) is 6.58 Å². The lowest BCUT2D eigenvalue weighted by Crippen LogP contribution is -2.31. The van der Waals surface area contributed by atoms with Crippen molar-refractivity contribution in [1.82, 2.24) is 0 Å². The van der Waals surface area contributed by atoms with E-state index in [-0.39, 0.29) is 5.91 Å². The zero-order chi connectivity index (χ0) is 11.0. The van der Waals surface area contributed by atoms with Crippen LogP contribution in [0.4, 0.5) is 5.69 Å². The third-order valence-electron chi connectivity index (χ3n) is 2.65. The predicted molar refractivity (Wildman–Crippen MR) is 60.7 cm³/mol. The van der Waals surface area contributed by atoms with Crippen molar-refractivity contribution in [3.05, 3.63) is 42.0 Å². The molecule has 0 saturated heterocycles. The molecular weight excluding hydrogens is 188 g/mol. The number of hydrogen-bond donors (Lipinski definition) is 1. The van der Waals surface area contributed by atoms with Gasteiger partial charge in [0.25, 0.3) is 0 Å². The van der Waals surface area contributed by atoms with E-state index in [4.69, 9.17) is 5.73 Å². The Morgan fingerprint density at radius 3 is 3.00 bits per heavy atom. The number of hydrogen-bond acceptors (Lipinski definition) is 2. The molecule has 0 radical (unpaired) electrons. The molecule has 3 nitrogen and oxygen atoms in total. The van der Waals surface area contributed by atoms with Crippen LogP contribution in [0.25, 0.3) is 0 Å². The van der Waals surface area contributed by atoms with E-state index in [1.165, 1.54) is 0 Å². The molecule has 15 heavy (non-hydrogen) atoms. The number of amides is 1. The Hall–Kier alpha value is -1.61. The van der Waals surface area contributed by atoms with Crippen LogP contribution < -0.4 is 10.6 Å². The summed E-state index contributed by atoms with van der Waals surface area (Å²) in [5, 5.41) is 0. The molecule has 78 valence electrons. The lowest BCUT2D eigenvalue weighted by atomic mass is 10.1. The highest BCUT2D eigenvalue weighted by Crippen LogP contribution is 2.34. The predicted octanol–water partition coefficient (Wildman–Crippen LogP) is 1.53. The van der Waals surface area contributed by atoms with Gasteiger partial charge in [-0.2, -0.15) is 0 Å². The highest BCUT2D eigenvalue weighted by atomic mass is 16.2. The Balaban J connectivity index is 2.50. The van der Waals surface area contributed by atoms with Crippen molar-refractivity contribution in [1.29, 1.82) is 0 Å². The summed E-state index contributed by atoms with van der Waals surface area (Å²) in [7, 11) is 0. The van der Waals surface area contributed by atoms with E-state index in [0.717, 1.165) is 16.8 Å². The molecule has 1 atom stereocenters. The van der Waals surface area contributed by atoms with Crippen molar-refractivity contribution >= 4 is 11.6 Å². The molecule has 3 heteroatoms. The van der Waals surface area contributed by atoms with Crippen LogP contribution in [-0.4, -0.2) is 12.5 Å². The maximum absolute atomic E-state index is 11.8. The van der Waals surface area contributed by atoms with Crippen LogP contribution in [0.1, 0.15) is 17.2 Å². The fraction of sp³-hybridized carbons (Fsp3) is 0.250. The molecule has 0 aliphatic carbocycles. The zero-order valence-electron chi connectivity index (χ0n) is 8.73. The number of rotatable bonds is 2. The lowest BCUT2D eigenvalue weighted by molar-refractivity contribution is -0.119. The van der Waals surface area contributed by atoms with Crippen LogP contribution in [0.15, 0.2) is 30.9 Å². The molecule has 1 aromatic rings. The summed E-state index contributed by atoms with van der Waals surface area (Å²) in [5.74, 6) is -0.0458. The molecule has 1 aliphatic heterocycles. The van der Waals surface area contributed by atoms with E-state index < -0.39 is 6.04 Å². The smallest absolute Gasteiger partial charge is 0.248 e. The minimum Gasteiger partial charge on any atom is -0.316 e. The number of aryl methyl sites for hydroxylation is 1. The summed E-state index contributed by atoms with van der Waals surface area (Å²) in [4.78, 5) is 13.5. The van der Waals surface area contributed by atoms with Crippen LogP contribution in [0, 0.1) is 6.92 Å². The number of benzene rings is 1. The molecule has 0 unspecified atom stereocenters. The van der Waals surface area contributed by atoms with Crippen LogP contribution in [0.2, 0.25) is 0 Å². The minimum absolute atomic E-state index is 0.0458. The van der Waals surface area contributed by atoms with Crippen molar-refractivity contribution in [2.45, 2.75) is 13.0 Å². The molecule has 0 spiro atoms. The Morgan fingerprint density at radius 2 is 2.33 bits per heavy atom. The van der Waals surface area contributed by atoms with Crippen molar-refractivity contribution < 1.29 is 4.79 Å². The fourth-order valence-corrected chi connectivity index (χ4v) is 1.91. The molecule has 2 N–H and O–H groups in total. The van der Waals surface area contributed by atoms with Gasteiger partial charge in [0.2, 0.25) is 5.91 Å². The molecule has 1 heterocycles. The first-order valence-corrected chi connectivity index (χ1v) is 4.93. The van der Waals surface area contributed by atoms with Gasteiger partial charge in [0, 0.05) is 17.8 Å². The first kappa shape index (κ1) is 9.93. The first-order chi connectivity index (χ1) is 7.15. The number of carbonyl (C=O) groups is 1.